The molecule has 1 atom stereocenters. The number of fused-ring (bicyclic) bond motifs is 1. The van der Waals surface area contributed by atoms with Crippen LogP contribution in [0.1, 0.15) is 47.8 Å². The summed E-state index contributed by atoms with van der Waals surface area (Å²) in [5, 5.41) is 10.5. The van der Waals surface area contributed by atoms with Gasteiger partial charge in [0.25, 0.3) is 5.91 Å². The second-order valence-electron chi connectivity index (χ2n) is 7.79. The molecule has 7 heteroatoms. The maximum atomic E-state index is 13.0. The molecule has 1 aliphatic carbocycles. The third-order valence-electron chi connectivity index (χ3n) is 5.81. The maximum absolute atomic E-state index is 13.0. The van der Waals surface area contributed by atoms with Gasteiger partial charge in [0, 0.05) is 20.0 Å². The summed E-state index contributed by atoms with van der Waals surface area (Å²) in [5.74, 6) is 1.04. The van der Waals surface area contributed by atoms with Crippen LogP contribution in [0.4, 0.5) is 0 Å². The van der Waals surface area contributed by atoms with E-state index in [1.54, 1.807) is 13.3 Å². The predicted octanol–water partition coefficient (Wildman–Crippen LogP) is 2.01. The lowest BCUT2D eigenvalue weighted by Gasteiger charge is -2.24. The fourth-order valence-electron chi connectivity index (χ4n) is 3.96. The van der Waals surface area contributed by atoms with Crippen molar-refractivity contribution in [1.82, 2.24) is 20.4 Å². The highest BCUT2D eigenvalue weighted by Gasteiger charge is 2.46. The molecule has 7 nitrogen and oxygen atoms in total. The van der Waals surface area contributed by atoms with Crippen molar-refractivity contribution in [3.8, 4) is 5.75 Å². The zero-order valence-corrected chi connectivity index (χ0v) is 16.3. The van der Waals surface area contributed by atoms with Gasteiger partial charge in [-0.3, -0.25) is 14.3 Å². The first-order valence-corrected chi connectivity index (χ1v) is 9.77. The van der Waals surface area contributed by atoms with Crippen LogP contribution < -0.4 is 15.4 Å². The summed E-state index contributed by atoms with van der Waals surface area (Å²) in [6.07, 6.45) is 5.24. The minimum atomic E-state index is -0.289. The van der Waals surface area contributed by atoms with Crippen LogP contribution in [0.25, 0.3) is 0 Å². The molecule has 2 aliphatic rings. The minimum absolute atomic E-state index is 0.0211. The van der Waals surface area contributed by atoms with Crippen molar-refractivity contribution in [2.45, 2.75) is 44.7 Å². The quantitative estimate of drug-likeness (QED) is 0.800. The van der Waals surface area contributed by atoms with Gasteiger partial charge in [0.05, 0.1) is 30.1 Å². The molecule has 2 N–H and O–H groups in total. The fourth-order valence-corrected chi connectivity index (χ4v) is 3.96. The van der Waals surface area contributed by atoms with Crippen LogP contribution in [-0.2, 0) is 23.3 Å². The SMILES string of the molecule is COc1ccc(C2(NC(=O)c3cnn4c3CC(CNC(C)=O)CC4)CC2)cc1. The Morgan fingerprint density at radius 3 is 2.68 bits per heavy atom. The molecule has 0 saturated heterocycles. The molecule has 1 fully saturated rings. The lowest BCUT2D eigenvalue weighted by atomic mass is 9.94. The van der Waals surface area contributed by atoms with Gasteiger partial charge in [-0.1, -0.05) is 12.1 Å². The molecule has 0 spiro atoms. The Balaban J connectivity index is 1.47. The van der Waals surface area contributed by atoms with E-state index >= 15 is 0 Å². The molecule has 0 radical (unpaired) electrons. The van der Waals surface area contributed by atoms with Crippen LogP contribution in [0.2, 0.25) is 0 Å². The van der Waals surface area contributed by atoms with Gasteiger partial charge >= 0.3 is 0 Å². The van der Waals surface area contributed by atoms with Crippen molar-refractivity contribution >= 4 is 11.8 Å². The van der Waals surface area contributed by atoms with E-state index in [0.717, 1.165) is 49.2 Å². The van der Waals surface area contributed by atoms with E-state index in [0.29, 0.717) is 18.0 Å². The summed E-state index contributed by atoms with van der Waals surface area (Å²) in [6.45, 7) is 2.94. The molecule has 0 bridgehead atoms. The maximum Gasteiger partial charge on any atom is 0.255 e. The van der Waals surface area contributed by atoms with Crippen LogP contribution in [0.3, 0.4) is 0 Å². The topological polar surface area (TPSA) is 85.2 Å². The van der Waals surface area contributed by atoms with Gasteiger partial charge in [0.2, 0.25) is 5.91 Å². The molecule has 148 valence electrons. The average Bonchev–Trinajstić information content (AvgIpc) is 3.35. The molecule has 2 heterocycles. The van der Waals surface area contributed by atoms with E-state index in [4.69, 9.17) is 4.74 Å². The zero-order valence-electron chi connectivity index (χ0n) is 16.3. The number of benzene rings is 1. The summed E-state index contributed by atoms with van der Waals surface area (Å²) in [6, 6.07) is 7.89. The smallest absolute Gasteiger partial charge is 0.255 e. The highest BCUT2D eigenvalue weighted by molar-refractivity contribution is 5.96. The molecule has 1 aromatic carbocycles. The van der Waals surface area contributed by atoms with Crippen molar-refractivity contribution in [2.24, 2.45) is 5.92 Å². The summed E-state index contributed by atoms with van der Waals surface area (Å²) in [7, 11) is 1.64. The summed E-state index contributed by atoms with van der Waals surface area (Å²) in [4.78, 5) is 24.2. The van der Waals surface area contributed by atoms with E-state index in [-0.39, 0.29) is 17.4 Å². The number of nitrogens with one attached hydrogen (secondary N) is 2. The molecule has 1 aliphatic heterocycles. The van der Waals surface area contributed by atoms with Crippen molar-refractivity contribution in [2.75, 3.05) is 13.7 Å². The summed E-state index contributed by atoms with van der Waals surface area (Å²) >= 11 is 0. The number of nitrogens with zero attached hydrogens (tertiary/aromatic N) is 2. The van der Waals surface area contributed by atoms with Gasteiger partial charge in [-0.2, -0.15) is 5.10 Å². The monoisotopic (exact) mass is 382 g/mol. The van der Waals surface area contributed by atoms with Crippen LogP contribution >= 0.6 is 0 Å². The Kier molecular flexibility index (Phi) is 4.83. The van der Waals surface area contributed by atoms with Gasteiger partial charge in [0.15, 0.2) is 0 Å². The summed E-state index contributed by atoms with van der Waals surface area (Å²) in [5.41, 5.74) is 2.42. The minimum Gasteiger partial charge on any atom is -0.497 e. The molecule has 2 aromatic rings. The predicted molar refractivity (Wildman–Crippen MR) is 104 cm³/mol. The number of ether oxygens (including phenoxy) is 1. The Morgan fingerprint density at radius 2 is 2.04 bits per heavy atom. The second kappa shape index (κ2) is 7.30. The first-order valence-electron chi connectivity index (χ1n) is 9.77. The third-order valence-corrected chi connectivity index (χ3v) is 5.81. The number of rotatable bonds is 6. The number of hydrogen-bond donors (Lipinski definition) is 2. The Hall–Kier alpha value is -2.83. The molecule has 2 amide bonds. The Morgan fingerprint density at radius 1 is 1.29 bits per heavy atom. The molecule has 1 aromatic heterocycles. The first-order chi connectivity index (χ1) is 13.5. The van der Waals surface area contributed by atoms with Gasteiger partial charge in [0.1, 0.15) is 5.75 Å². The number of amides is 2. The van der Waals surface area contributed by atoms with Crippen molar-refractivity contribution in [3.05, 3.63) is 47.3 Å². The van der Waals surface area contributed by atoms with Crippen LogP contribution in [0.15, 0.2) is 30.5 Å². The Bertz CT molecular complexity index is 884. The van der Waals surface area contributed by atoms with E-state index in [1.165, 1.54) is 6.92 Å². The van der Waals surface area contributed by atoms with Gasteiger partial charge in [-0.05, 0) is 49.3 Å². The third kappa shape index (κ3) is 3.61. The fraction of sp³-hybridized carbons (Fsp3) is 0.476. The second-order valence-corrected chi connectivity index (χ2v) is 7.79. The number of carbonyl (C=O) groups is 2. The number of methoxy groups -OCH3 is 1. The lowest BCUT2D eigenvalue weighted by molar-refractivity contribution is -0.119. The lowest BCUT2D eigenvalue weighted by Crippen LogP contribution is -2.36. The Labute approximate surface area is 164 Å². The van der Waals surface area contributed by atoms with Crippen LogP contribution in [0.5, 0.6) is 5.75 Å². The molecular formula is C21H26N4O3. The molecular weight excluding hydrogens is 356 g/mol. The van der Waals surface area contributed by atoms with E-state index < -0.39 is 0 Å². The highest BCUT2D eigenvalue weighted by atomic mass is 16.5. The van der Waals surface area contributed by atoms with Crippen molar-refractivity contribution in [3.63, 3.8) is 0 Å². The number of aryl methyl sites for hydroxylation is 1. The van der Waals surface area contributed by atoms with E-state index in [9.17, 15) is 9.59 Å². The molecule has 28 heavy (non-hydrogen) atoms. The summed E-state index contributed by atoms with van der Waals surface area (Å²) < 4.78 is 7.15. The number of hydrogen-bond acceptors (Lipinski definition) is 4. The van der Waals surface area contributed by atoms with Gasteiger partial charge in [-0.15, -0.1) is 0 Å². The molecule has 1 saturated carbocycles. The van der Waals surface area contributed by atoms with Crippen molar-refractivity contribution < 1.29 is 14.3 Å². The highest BCUT2D eigenvalue weighted by Crippen LogP contribution is 2.46. The molecule has 4 rings (SSSR count). The van der Waals surface area contributed by atoms with Gasteiger partial charge < -0.3 is 15.4 Å². The standard InChI is InChI=1S/C21H26N4O3/c1-14(26)22-12-15-7-10-25-19(11-15)18(13-23-25)20(27)24-21(8-9-21)16-3-5-17(28-2)6-4-16/h3-6,13,15H,7-12H2,1-2H3,(H,22,26)(H,24,27). The van der Waals surface area contributed by atoms with Gasteiger partial charge in [-0.25, -0.2) is 0 Å². The normalized spacial score (nSPS) is 19.4. The van der Waals surface area contributed by atoms with E-state index in [2.05, 4.69) is 15.7 Å². The van der Waals surface area contributed by atoms with E-state index in [1.807, 2.05) is 28.9 Å². The van der Waals surface area contributed by atoms with Crippen LogP contribution in [-0.4, -0.2) is 35.2 Å². The first kappa shape index (κ1) is 18.5. The number of aromatic nitrogens is 2. The number of carbonyl (C=O) groups excluding carboxylic acids is 2. The van der Waals surface area contributed by atoms with Crippen LogP contribution in [0, 0.1) is 5.92 Å². The van der Waals surface area contributed by atoms with Crippen molar-refractivity contribution in [1.29, 1.82) is 0 Å². The molecule has 1 unspecified atom stereocenters. The average molecular weight is 382 g/mol. The largest absolute Gasteiger partial charge is 0.497 e. The zero-order chi connectivity index (χ0) is 19.7.